The highest BCUT2D eigenvalue weighted by Crippen LogP contribution is 2.35. The Hall–Kier alpha value is -3.49. The van der Waals surface area contributed by atoms with Crippen LogP contribution in [0.3, 0.4) is 0 Å². The first kappa shape index (κ1) is 19.5. The van der Waals surface area contributed by atoms with Crippen LogP contribution in [0.1, 0.15) is 66.5 Å². The number of fused-ring (bicyclic) bond motifs is 1. The van der Waals surface area contributed by atoms with E-state index in [0.717, 1.165) is 41.1 Å². The summed E-state index contributed by atoms with van der Waals surface area (Å²) in [6.07, 6.45) is 5.70. The van der Waals surface area contributed by atoms with E-state index >= 15 is 0 Å². The Morgan fingerprint density at radius 1 is 1.29 bits per heavy atom. The van der Waals surface area contributed by atoms with Gasteiger partial charge in [-0.25, -0.2) is 9.67 Å². The fraction of sp³-hybridized carbons (Fsp3) is 0.409. The van der Waals surface area contributed by atoms with E-state index < -0.39 is 0 Å². The monoisotopic (exact) mass is 419 g/mol. The van der Waals surface area contributed by atoms with Gasteiger partial charge in [-0.1, -0.05) is 0 Å². The maximum Gasteiger partial charge on any atom is 0.252 e. The predicted molar refractivity (Wildman–Crippen MR) is 115 cm³/mol. The molecule has 0 unspecified atom stereocenters. The van der Waals surface area contributed by atoms with Gasteiger partial charge in [-0.3, -0.25) is 4.79 Å². The molecule has 1 aliphatic carbocycles. The van der Waals surface area contributed by atoms with E-state index in [0.29, 0.717) is 29.5 Å². The summed E-state index contributed by atoms with van der Waals surface area (Å²) in [5.74, 6) is 2.14. The van der Waals surface area contributed by atoms with Gasteiger partial charge < -0.3 is 14.3 Å². The molecule has 1 aliphatic rings. The number of aryl methyl sites for hydroxylation is 2. The lowest BCUT2D eigenvalue weighted by atomic mass is 10.1. The molecular weight excluding hydrogens is 394 g/mol. The summed E-state index contributed by atoms with van der Waals surface area (Å²) >= 11 is 0. The van der Waals surface area contributed by atoms with Gasteiger partial charge in [0, 0.05) is 17.6 Å². The van der Waals surface area contributed by atoms with Crippen LogP contribution >= 0.6 is 0 Å². The zero-order valence-corrected chi connectivity index (χ0v) is 18.1. The molecule has 1 saturated carbocycles. The molecule has 9 heteroatoms. The van der Waals surface area contributed by atoms with Crippen LogP contribution in [0.25, 0.3) is 22.3 Å². The van der Waals surface area contributed by atoms with Gasteiger partial charge >= 0.3 is 0 Å². The molecule has 0 bridgehead atoms. The molecule has 1 amide bonds. The van der Waals surface area contributed by atoms with Crippen LogP contribution in [0.5, 0.6) is 0 Å². The van der Waals surface area contributed by atoms with Gasteiger partial charge in [-0.15, -0.1) is 10.2 Å². The number of aromatic nitrogens is 6. The first-order valence-corrected chi connectivity index (χ1v) is 10.5. The number of nitrogens with one attached hydrogen (secondary N) is 1. The summed E-state index contributed by atoms with van der Waals surface area (Å²) in [7, 11) is 0. The zero-order chi connectivity index (χ0) is 21.7. The summed E-state index contributed by atoms with van der Waals surface area (Å²) in [6.45, 7) is 8.20. The highest BCUT2D eigenvalue weighted by molar-refractivity contribution is 6.06. The van der Waals surface area contributed by atoms with Gasteiger partial charge in [0.1, 0.15) is 17.8 Å². The van der Waals surface area contributed by atoms with Gasteiger partial charge in [-0.2, -0.15) is 5.10 Å². The second kappa shape index (κ2) is 7.33. The number of furan rings is 1. The molecule has 0 aliphatic heterocycles. The Morgan fingerprint density at radius 2 is 2.10 bits per heavy atom. The molecule has 4 aromatic rings. The van der Waals surface area contributed by atoms with Gasteiger partial charge in [-0.05, 0) is 52.7 Å². The minimum atomic E-state index is -0.194. The van der Waals surface area contributed by atoms with Crippen molar-refractivity contribution in [3.63, 3.8) is 0 Å². The maximum absolute atomic E-state index is 13.2. The first-order chi connectivity index (χ1) is 14.9. The van der Waals surface area contributed by atoms with Crippen LogP contribution in [0.4, 0.5) is 0 Å². The number of hydrogen-bond donors (Lipinski definition) is 1. The zero-order valence-electron chi connectivity index (χ0n) is 18.1. The quantitative estimate of drug-likeness (QED) is 0.510. The summed E-state index contributed by atoms with van der Waals surface area (Å²) in [4.78, 5) is 18.1. The SMILES string of the molecule is Cc1cc(-c2cc(C(=O)NCc3nncn3C3CC3)c3cnn(C(C)C)c3n2)c(C)o1. The largest absolute Gasteiger partial charge is 0.466 e. The van der Waals surface area contributed by atoms with Crippen molar-refractivity contribution in [2.24, 2.45) is 0 Å². The number of amides is 1. The topological polar surface area (TPSA) is 104 Å². The molecule has 0 saturated heterocycles. The Kier molecular flexibility index (Phi) is 4.60. The molecule has 4 heterocycles. The van der Waals surface area contributed by atoms with Crippen molar-refractivity contribution in [1.29, 1.82) is 0 Å². The number of hydrogen-bond acceptors (Lipinski definition) is 6. The Morgan fingerprint density at radius 3 is 2.77 bits per heavy atom. The van der Waals surface area contributed by atoms with Gasteiger partial charge in [0.05, 0.1) is 29.4 Å². The summed E-state index contributed by atoms with van der Waals surface area (Å²) in [5, 5.41) is 16.4. The number of carbonyl (C=O) groups excluding carboxylic acids is 1. The molecule has 0 atom stereocenters. The number of pyridine rings is 1. The lowest BCUT2D eigenvalue weighted by Gasteiger charge is -2.11. The van der Waals surface area contributed by atoms with Crippen molar-refractivity contribution < 1.29 is 9.21 Å². The van der Waals surface area contributed by atoms with Crippen LogP contribution in [0.2, 0.25) is 0 Å². The van der Waals surface area contributed by atoms with Crippen molar-refractivity contribution in [2.45, 2.75) is 59.2 Å². The fourth-order valence-electron chi connectivity index (χ4n) is 3.91. The fourth-order valence-corrected chi connectivity index (χ4v) is 3.91. The standard InChI is InChI=1S/C22H25N7O2/c1-12(2)29-21-18(9-25-29)17(8-19(26-21)16-7-13(3)31-14(16)4)22(30)23-10-20-27-24-11-28(20)15-5-6-15/h7-9,11-12,15H,5-6,10H2,1-4H3,(H,23,30). The predicted octanol–water partition coefficient (Wildman–Crippen LogP) is 3.75. The van der Waals surface area contributed by atoms with Crippen molar-refractivity contribution in [1.82, 2.24) is 34.8 Å². The molecule has 0 radical (unpaired) electrons. The van der Waals surface area contributed by atoms with Crippen LogP contribution < -0.4 is 5.32 Å². The van der Waals surface area contributed by atoms with E-state index in [4.69, 9.17) is 9.40 Å². The van der Waals surface area contributed by atoms with Crippen LogP contribution in [-0.4, -0.2) is 35.4 Å². The molecule has 160 valence electrons. The third-order valence-corrected chi connectivity index (χ3v) is 5.61. The molecule has 4 aromatic heterocycles. The number of carbonyl (C=O) groups is 1. The van der Waals surface area contributed by atoms with E-state index in [1.54, 1.807) is 12.5 Å². The summed E-state index contributed by atoms with van der Waals surface area (Å²) < 4.78 is 9.58. The average Bonchev–Trinajstić information content (AvgIpc) is 3.16. The van der Waals surface area contributed by atoms with E-state index in [1.165, 1.54) is 0 Å². The van der Waals surface area contributed by atoms with Crippen LogP contribution in [0, 0.1) is 13.8 Å². The highest BCUT2D eigenvalue weighted by atomic mass is 16.3. The minimum absolute atomic E-state index is 0.112. The van der Waals surface area contributed by atoms with Gasteiger partial charge in [0.25, 0.3) is 5.91 Å². The highest BCUT2D eigenvalue weighted by Gasteiger charge is 2.26. The molecule has 5 rings (SSSR count). The minimum Gasteiger partial charge on any atom is -0.466 e. The molecule has 31 heavy (non-hydrogen) atoms. The Bertz CT molecular complexity index is 1280. The summed E-state index contributed by atoms with van der Waals surface area (Å²) in [6, 6.07) is 4.32. The molecule has 9 nitrogen and oxygen atoms in total. The maximum atomic E-state index is 13.2. The second-order valence-electron chi connectivity index (χ2n) is 8.37. The summed E-state index contributed by atoms with van der Waals surface area (Å²) in [5.41, 5.74) is 2.77. The first-order valence-electron chi connectivity index (χ1n) is 10.5. The molecule has 0 aromatic carbocycles. The van der Waals surface area contributed by atoms with Crippen molar-refractivity contribution in [2.75, 3.05) is 0 Å². The lowest BCUT2D eigenvalue weighted by molar-refractivity contribution is 0.0951. The van der Waals surface area contributed by atoms with E-state index in [1.807, 2.05) is 49.1 Å². The normalized spacial score (nSPS) is 14.0. The van der Waals surface area contributed by atoms with Crippen molar-refractivity contribution in [3.8, 4) is 11.3 Å². The van der Waals surface area contributed by atoms with E-state index in [-0.39, 0.29) is 11.9 Å². The van der Waals surface area contributed by atoms with E-state index in [2.05, 4.69) is 20.6 Å². The number of nitrogens with zero attached hydrogens (tertiary/aromatic N) is 6. The van der Waals surface area contributed by atoms with Crippen LogP contribution in [0.15, 0.2) is 29.1 Å². The van der Waals surface area contributed by atoms with E-state index in [9.17, 15) is 4.79 Å². The molecular formula is C22H25N7O2. The van der Waals surface area contributed by atoms with Gasteiger partial charge in [0.15, 0.2) is 11.5 Å². The third-order valence-electron chi connectivity index (χ3n) is 5.61. The lowest BCUT2D eigenvalue weighted by Crippen LogP contribution is -2.25. The molecule has 1 N–H and O–H groups in total. The molecule has 1 fully saturated rings. The smallest absolute Gasteiger partial charge is 0.252 e. The third kappa shape index (κ3) is 3.49. The molecule has 0 spiro atoms. The van der Waals surface area contributed by atoms with Gasteiger partial charge in [0.2, 0.25) is 0 Å². The second-order valence-corrected chi connectivity index (χ2v) is 8.37. The Balaban J connectivity index is 1.53. The van der Waals surface area contributed by atoms with Crippen molar-refractivity contribution >= 4 is 16.9 Å². The number of rotatable bonds is 6. The van der Waals surface area contributed by atoms with Crippen LogP contribution in [-0.2, 0) is 6.54 Å². The average molecular weight is 419 g/mol. The Labute approximate surface area is 179 Å². The van der Waals surface area contributed by atoms with Crippen molar-refractivity contribution in [3.05, 3.63) is 47.6 Å².